The maximum absolute atomic E-state index is 13.4. The topological polar surface area (TPSA) is 77.5 Å². The number of nitrogens with one attached hydrogen (secondary N) is 1. The van der Waals surface area contributed by atoms with Crippen LogP contribution in [0.1, 0.15) is 36.2 Å². The van der Waals surface area contributed by atoms with Crippen molar-refractivity contribution in [2.24, 2.45) is 5.41 Å². The maximum atomic E-state index is 13.4. The van der Waals surface area contributed by atoms with Gasteiger partial charge in [0.25, 0.3) is 5.91 Å². The van der Waals surface area contributed by atoms with Crippen LogP contribution in [-0.4, -0.2) is 35.9 Å². The predicted octanol–water partition coefficient (Wildman–Crippen LogP) is 3.57. The van der Waals surface area contributed by atoms with Crippen molar-refractivity contribution in [2.75, 3.05) is 13.7 Å². The zero-order valence-electron chi connectivity index (χ0n) is 15.8. The molecule has 8 heteroatoms. The molecule has 3 fully saturated rings. The maximum Gasteiger partial charge on any atom is 0.258 e. The molecule has 0 atom stereocenters. The Labute approximate surface area is 172 Å². The summed E-state index contributed by atoms with van der Waals surface area (Å²) in [7, 11) is 1.51. The molecule has 152 valence electrons. The molecule has 3 saturated carbocycles. The Morgan fingerprint density at radius 3 is 2.69 bits per heavy atom. The van der Waals surface area contributed by atoms with Crippen molar-refractivity contribution in [1.29, 1.82) is 0 Å². The number of benzene rings is 1. The van der Waals surface area contributed by atoms with Gasteiger partial charge in [0.2, 0.25) is 5.88 Å². The van der Waals surface area contributed by atoms with Crippen LogP contribution in [0.15, 0.2) is 36.4 Å². The summed E-state index contributed by atoms with van der Waals surface area (Å²) in [5.41, 5.74) is 0.0824. The molecule has 3 aliphatic carbocycles. The summed E-state index contributed by atoms with van der Waals surface area (Å²) in [5, 5.41) is 2.98. The molecule has 1 N–H and O–H groups in total. The van der Waals surface area contributed by atoms with Crippen molar-refractivity contribution < 1.29 is 23.5 Å². The van der Waals surface area contributed by atoms with Gasteiger partial charge in [0.15, 0.2) is 12.4 Å². The molecule has 2 bridgehead atoms. The molecule has 0 aliphatic heterocycles. The molecular formula is C21H20ClFN2O4. The molecule has 1 amide bonds. The molecule has 0 saturated heterocycles. The fourth-order valence-corrected chi connectivity index (χ4v) is 4.60. The third-order valence-corrected chi connectivity index (χ3v) is 5.87. The normalized spacial score (nSPS) is 24.1. The number of ketones is 1. The number of aromatic nitrogens is 1. The van der Waals surface area contributed by atoms with Gasteiger partial charge >= 0.3 is 0 Å². The number of halogens is 2. The molecule has 0 radical (unpaired) electrons. The van der Waals surface area contributed by atoms with Crippen LogP contribution < -0.4 is 14.8 Å². The Bertz CT molecular complexity index is 961. The SMILES string of the molecule is COc1cccc(C(=O)CC23CC(NC(=O)COc4ccc(Cl)c(F)c4)(C2)C3)n1. The molecule has 1 aromatic carbocycles. The molecule has 29 heavy (non-hydrogen) atoms. The third-order valence-electron chi connectivity index (χ3n) is 5.56. The van der Waals surface area contributed by atoms with Gasteiger partial charge in [-0.3, -0.25) is 9.59 Å². The summed E-state index contributed by atoms with van der Waals surface area (Å²) < 4.78 is 23.8. The molecule has 5 rings (SSSR count). The number of nitrogens with zero attached hydrogens (tertiary/aromatic N) is 1. The number of rotatable bonds is 8. The average molecular weight is 419 g/mol. The lowest BCUT2D eigenvalue weighted by atomic mass is 9.38. The quantitative estimate of drug-likeness (QED) is 0.663. The van der Waals surface area contributed by atoms with Crippen molar-refractivity contribution in [3.8, 4) is 11.6 Å². The van der Waals surface area contributed by atoms with E-state index < -0.39 is 5.82 Å². The fraction of sp³-hybridized carbons (Fsp3) is 0.381. The van der Waals surface area contributed by atoms with Crippen molar-refractivity contribution in [2.45, 2.75) is 31.2 Å². The molecular weight excluding hydrogens is 399 g/mol. The van der Waals surface area contributed by atoms with Crippen molar-refractivity contribution in [1.82, 2.24) is 10.3 Å². The highest BCUT2D eigenvalue weighted by atomic mass is 35.5. The number of carbonyl (C=O) groups excluding carboxylic acids is 2. The Hall–Kier alpha value is -2.67. The van der Waals surface area contributed by atoms with Gasteiger partial charge in [0.1, 0.15) is 17.3 Å². The van der Waals surface area contributed by atoms with Gasteiger partial charge in [0, 0.05) is 24.1 Å². The molecule has 0 unspecified atom stereocenters. The minimum absolute atomic E-state index is 0.000315. The fourth-order valence-electron chi connectivity index (χ4n) is 4.48. The second-order valence-corrected chi connectivity index (χ2v) is 8.30. The third kappa shape index (κ3) is 3.92. The highest BCUT2D eigenvalue weighted by Gasteiger charge is 2.68. The van der Waals surface area contributed by atoms with E-state index in [1.165, 1.54) is 19.2 Å². The van der Waals surface area contributed by atoms with E-state index in [-0.39, 0.29) is 40.0 Å². The second-order valence-electron chi connectivity index (χ2n) is 7.89. The monoisotopic (exact) mass is 418 g/mol. The van der Waals surface area contributed by atoms with Crippen molar-refractivity contribution in [3.63, 3.8) is 0 Å². The average Bonchev–Trinajstić information content (AvgIpc) is 2.66. The summed E-state index contributed by atoms with van der Waals surface area (Å²) in [4.78, 5) is 28.9. The summed E-state index contributed by atoms with van der Waals surface area (Å²) in [6.07, 6.45) is 2.69. The first-order valence-corrected chi connectivity index (χ1v) is 9.63. The van der Waals surface area contributed by atoms with Gasteiger partial charge in [0.05, 0.1) is 12.1 Å². The molecule has 3 aliphatic rings. The Morgan fingerprint density at radius 2 is 2.00 bits per heavy atom. The van der Waals surface area contributed by atoms with Crippen LogP contribution in [0.4, 0.5) is 4.39 Å². The lowest BCUT2D eigenvalue weighted by molar-refractivity contribution is -0.164. The minimum atomic E-state index is -0.596. The van der Waals surface area contributed by atoms with Gasteiger partial charge in [-0.05, 0) is 42.9 Å². The molecule has 2 aromatic rings. The molecule has 1 heterocycles. The highest BCUT2D eigenvalue weighted by Crippen LogP contribution is 2.69. The lowest BCUT2D eigenvalue weighted by Crippen LogP contribution is -2.75. The standard InChI is InChI=1S/C21H20ClFN2O4/c1-28-19-4-2-3-16(24-19)17(26)8-20-10-21(11-20,12-20)25-18(27)9-29-13-5-6-14(22)15(23)7-13/h2-7H,8-12H2,1H3,(H,25,27). The van der Waals surface area contributed by atoms with E-state index >= 15 is 0 Å². The van der Waals surface area contributed by atoms with Crippen LogP contribution in [0, 0.1) is 11.2 Å². The molecule has 6 nitrogen and oxygen atoms in total. The largest absolute Gasteiger partial charge is 0.484 e. The summed E-state index contributed by atoms with van der Waals surface area (Å²) in [5.74, 6) is -0.225. The first-order chi connectivity index (χ1) is 13.8. The Balaban J connectivity index is 1.24. The number of amides is 1. The van der Waals surface area contributed by atoms with Crippen molar-refractivity contribution in [3.05, 3.63) is 52.9 Å². The van der Waals surface area contributed by atoms with E-state index in [0.717, 1.165) is 25.3 Å². The van der Waals surface area contributed by atoms with Crippen LogP contribution in [0.2, 0.25) is 5.02 Å². The van der Waals surface area contributed by atoms with E-state index in [4.69, 9.17) is 21.1 Å². The number of ether oxygens (including phenoxy) is 2. The van der Waals surface area contributed by atoms with Crippen LogP contribution in [0.25, 0.3) is 0 Å². The van der Waals surface area contributed by atoms with E-state index in [1.54, 1.807) is 18.2 Å². The second kappa shape index (κ2) is 7.30. The smallest absolute Gasteiger partial charge is 0.258 e. The van der Waals surface area contributed by atoms with E-state index in [1.807, 2.05) is 0 Å². The number of methoxy groups -OCH3 is 1. The minimum Gasteiger partial charge on any atom is -0.484 e. The first-order valence-electron chi connectivity index (χ1n) is 9.25. The predicted molar refractivity (Wildman–Crippen MR) is 104 cm³/mol. The number of pyridine rings is 1. The van der Waals surface area contributed by atoms with Crippen LogP contribution in [0.3, 0.4) is 0 Å². The highest BCUT2D eigenvalue weighted by molar-refractivity contribution is 6.30. The molecule has 1 aromatic heterocycles. The van der Waals surface area contributed by atoms with Gasteiger partial charge < -0.3 is 14.8 Å². The Morgan fingerprint density at radius 1 is 1.24 bits per heavy atom. The van der Waals surface area contributed by atoms with Crippen LogP contribution in [0.5, 0.6) is 11.6 Å². The van der Waals surface area contributed by atoms with Gasteiger partial charge in [-0.15, -0.1) is 0 Å². The zero-order valence-corrected chi connectivity index (χ0v) is 16.6. The van der Waals surface area contributed by atoms with E-state index in [9.17, 15) is 14.0 Å². The lowest BCUT2D eigenvalue weighted by Gasteiger charge is -2.70. The van der Waals surface area contributed by atoms with Crippen LogP contribution in [-0.2, 0) is 4.79 Å². The number of carbonyl (C=O) groups is 2. The van der Waals surface area contributed by atoms with Crippen LogP contribution >= 0.6 is 11.6 Å². The van der Waals surface area contributed by atoms with Crippen molar-refractivity contribution >= 4 is 23.3 Å². The van der Waals surface area contributed by atoms with E-state index in [0.29, 0.717) is 18.0 Å². The summed E-state index contributed by atoms with van der Waals surface area (Å²) >= 11 is 5.62. The van der Waals surface area contributed by atoms with E-state index in [2.05, 4.69) is 10.3 Å². The summed E-state index contributed by atoms with van der Waals surface area (Å²) in [6, 6.07) is 9.16. The first kappa shape index (κ1) is 19.6. The Kier molecular flexibility index (Phi) is 4.94. The summed E-state index contributed by atoms with van der Waals surface area (Å²) in [6.45, 7) is -0.206. The number of hydrogen-bond donors (Lipinski definition) is 1. The van der Waals surface area contributed by atoms with Gasteiger partial charge in [-0.25, -0.2) is 9.37 Å². The zero-order chi connectivity index (χ0) is 20.6. The molecule has 0 spiro atoms. The van der Waals surface area contributed by atoms with Gasteiger partial charge in [-0.2, -0.15) is 0 Å². The number of Topliss-reactive ketones (excluding diaryl/α,β-unsaturated/α-hetero) is 1. The van der Waals surface area contributed by atoms with Gasteiger partial charge in [-0.1, -0.05) is 17.7 Å². The number of hydrogen-bond acceptors (Lipinski definition) is 5.